The number of halogens is 2. The number of methoxy groups -OCH3 is 1. The van der Waals surface area contributed by atoms with Crippen molar-refractivity contribution >= 4 is 38.6 Å². The predicted octanol–water partition coefficient (Wildman–Crippen LogP) is 4.12. The molecule has 1 aromatic heterocycles. The molecule has 0 N–H and O–H groups in total. The number of aromatic nitrogens is 2. The minimum atomic E-state index is -0.395. The molecule has 1 heterocycles. The van der Waals surface area contributed by atoms with Crippen LogP contribution in [-0.4, -0.2) is 35.6 Å². The van der Waals surface area contributed by atoms with E-state index in [4.69, 9.17) is 9.47 Å². The molecule has 0 amide bonds. The summed E-state index contributed by atoms with van der Waals surface area (Å²) in [7, 11) is 1.59. The third-order valence-electron chi connectivity index (χ3n) is 3.81. The summed E-state index contributed by atoms with van der Waals surface area (Å²) in [6, 6.07) is 11.7. The minimum Gasteiger partial charge on any atom is -0.490 e. The van der Waals surface area contributed by atoms with E-state index in [1.54, 1.807) is 42.0 Å². The highest BCUT2D eigenvalue weighted by Crippen LogP contribution is 2.21. The number of hydrogen-bond donors (Lipinski definition) is 0. The van der Waals surface area contributed by atoms with Gasteiger partial charge in [0.15, 0.2) is 16.7 Å². The number of hydrogen-bond acceptors (Lipinski definition) is 5. The first-order valence-corrected chi connectivity index (χ1v) is 10.1. The molecule has 0 spiro atoms. The summed E-state index contributed by atoms with van der Waals surface area (Å²) in [4.78, 5) is 17.5. The van der Waals surface area contributed by atoms with E-state index in [9.17, 15) is 9.18 Å². The number of nitrogens with zero attached hydrogens (tertiary/aromatic N) is 2. The van der Waals surface area contributed by atoms with E-state index >= 15 is 0 Å². The van der Waals surface area contributed by atoms with Gasteiger partial charge in [0.05, 0.1) is 30.7 Å². The van der Waals surface area contributed by atoms with Gasteiger partial charge in [-0.25, -0.2) is 9.37 Å². The molecule has 0 aliphatic carbocycles. The second kappa shape index (κ2) is 9.34. The molecule has 0 saturated carbocycles. The van der Waals surface area contributed by atoms with Gasteiger partial charge in [-0.1, -0.05) is 39.8 Å². The fourth-order valence-corrected chi connectivity index (χ4v) is 3.71. The molecule has 0 bridgehead atoms. The second-order valence-electron chi connectivity index (χ2n) is 5.63. The Kier molecular flexibility index (Phi) is 6.87. The zero-order chi connectivity index (χ0) is 19.2. The van der Waals surface area contributed by atoms with Crippen LogP contribution in [0, 0.1) is 5.82 Å². The third-order valence-corrected chi connectivity index (χ3v) is 5.24. The van der Waals surface area contributed by atoms with Crippen molar-refractivity contribution in [3.8, 4) is 5.75 Å². The van der Waals surface area contributed by atoms with Crippen LogP contribution < -0.4 is 10.3 Å². The first kappa shape index (κ1) is 19.9. The van der Waals surface area contributed by atoms with Crippen molar-refractivity contribution in [2.75, 3.05) is 26.1 Å². The average molecular weight is 453 g/mol. The zero-order valence-electron chi connectivity index (χ0n) is 14.7. The fourth-order valence-electron chi connectivity index (χ4n) is 2.51. The van der Waals surface area contributed by atoms with Crippen LogP contribution in [0.1, 0.15) is 0 Å². The highest BCUT2D eigenvalue weighted by atomic mass is 79.9. The maximum atomic E-state index is 13.6. The Morgan fingerprint density at radius 2 is 2.04 bits per heavy atom. The third kappa shape index (κ3) is 4.88. The van der Waals surface area contributed by atoms with E-state index in [1.807, 2.05) is 6.07 Å². The number of thioether (sulfide) groups is 1. The van der Waals surface area contributed by atoms with Gasteiger partial charge in [-0.2, -0.15) is 0 Å². The molecule has 142 valence electrons. The van der Waals surface area contributed by atoms with Crippen molar-refractivity contribution in [1.82, 2.24) is 9.55 Å². The van der Waals surface area contributed by atoms with Crippen LogP contribution in [0.3, 0.4) is 0 Å². The van der Waals surface area contributed by atoms with E-state index in [2.05, 4.69) is 20.9 Å². The molecule has 0 aliphatic heterocycles. The van der Waals surface area contributed by atoms with Gasteiger partial charge in [-0.3, -0.25) is 9.36 Å². The molecular weight excluding hydrogens is 435 g/mol. The lowest BCUT2D eigenvalue weighted by atomic mass is 10.2. The lowest BCUT2D eigenvalue weighted by Crippen LogP contribution is -2.25. The molecule has 0 radical (unpaired) electrons. The summed E-state index contributed by atoms with van der Waals surface area (Å²) in [5, 5.41) is 1.14. The molecule has 27 heavy (non-hydrogen) atoms. The number of para-hydroxylation sites is 1. The maximum absolute atomic E-state index is 13.6. The molecule has 3 aromatic rings. The normalized spacial score (nSPS) is 11.1. The molecular formula is C19H18BrFN2O3S. The first-order valence-electron chi connectivity index (χ1n) is 8.29. The van der Waals surface area contributed by atoms with Crippen LogP contribution in [0.4, 0.5) is 4.39 Å². The van der Waals surface area contributed by atoms with Crippen molar-refractivity contribution in [2.24, 2.45) is 0 Å². The van der Waals surface area contributed by atoms with Gasteiger partial charge in [0.1, 0.15) is 0 Å². The van der Waals surface area contributed by atoms with Crippen LogP contribution in [0.5, 0.6) is 5.75 Å². The Hall–Kier alpha value is -1.90. The van der Waals surface area contributed by atoms with E-state index in [-0.39, 0.29) is 11.3 Å². The van der Waals surface area contributed by atoms with Gasteiger partial charge in [0.2, 0.25) is 0 Å². The van der Waals surface area contributed by atoms with Gasteiger partial charge in [0.25, 0.3) is 5.56 Å². The summed E-state index contributed by atoms with van der Waals surface area (Å²) >= 11 is 4.78. The predicted molar refractivity (Wildman–Crippen MR) is 108 cm³/mol. The van der Waals surface area contributed by atoms with Crippen molar-refractivity contribution in [3.63, 3.8) is 0 Å². The SMILES string of the molecule is COCCn1c(SCCOc2ccccc2F)nc2ccc(Br)cc2c1=O. The summed E-state index contributed by atoms with van der Waals surface area (Å²) in [5.41, 5.74) is 0.519. The van der Waals surface area contributed by atoms with Gasteiger partial charge in [-0.05, 0) is 30.3 Å². The lowest BCUT2D eigenvalue weighted by molar-refractivity contribution is 0.183. The molecule has 5 nitrogen and oxygen atoms in total. The van der Waals surface area contributed by atoms with E-state index in [1.165, 1.54) is 17.8 Å². The molecule has 0 atom stereocenters. The van der Waals surface area contributed by atoms with Gasteiger partial charge >= 0.3 is 0 Å². The Bertz CT molecular complexity index is 996. The van der Waals surface area contributed by atoms with Gasteiger partial charge in [-0.15, -0.1) is 0 Å². The Balaban J connectivity index is 1.78. The number of benzene rings is 2. The molecule has 0 saturated heterocycles. The zero-order valence-corrected chi connectivity index (χ0v) is 17.1. The number of fused-ring (bicyclic) bond motifs is 1. The molecule has 0 unspecified atom stereocenters. The molecule has 0 fully saturated rings. The van der Waals surface area contributed by atoms with E-state index in [0.29, 0.717) is 41.6 Å². The standard InChI is InChI=1S/C19H18BrFN2O3S/c1-25-9-8-23-18(24)14-12-13(20)6-7-16(14)22-19(23)27-11-10-26-17-5-3-2-4-15(17)21/h2-7,12H,8-11H2,1H3. The van der Waals surface area contributed by atoms with Crippen molar-refractivity contribution in [1.29, 1.82) is 0 Å². The molecule has 8 heteroatoms. The van der Waals surface area contributed by atoms with Gasteiger partial charge in [0, 0.05) is 17.3 Å². The van der Waals surface area contributed by atoms with Crippen molar-refractivity contribution < 1.29 is 13.9 Å². The molecule has 2 aromatic carbocycles. The van der Waals surface area contributed by atoms with Crippen LogP contribution in [0.2, 0.25) is 0 Å². The van der Waals surface area contributed by atoms with Crippen LogP contribution in [0.15, 0.2) is 56.9 Å². The largest absolute Gasteiger partial charge is 0.490 e. The highest BCUT2D eigenvalue weighted by Gasteiger charge is 2.12. The second-order valence-corrected chi connectivity index (χ2v) is 7.61. The Morgan fingerprint density at radius 3 is 2.81 bits per heavy atom. The minimum absolute atomic E-state index is 0.115. The monoisotopic (exact) mass is 452 g/mol. The molecule has 3 rings (SSSR count). The average Bonchev–Trinajstić information content (AvgIpc) is 2.66. The maximum Gasteiger partial charge on any atom is 0.262 e. The lowest BCUT2D eigenvalue weighted by Gasteiger charge is -2.13. The fraction of sp³-hybridized carbons (Fsp3) is 0.263. The quantitative estimate of drug-likeness (QED) is 0.292. The van der Waals surface area contributed by atoms with Crippen molar-refractivity contribution in [3.05, 3.63) is 63.1 Å². The summed E-state index contributed by atoms with van der Waals surface area (Å²) in [5.74, 6) is 0.343. The van der Waals surface area contributed by atoms with Crippen LogP contribution in [0.25, 0.3) is 10.9 Å². The highest BCUT2D eigenvalue weighted by molar-refractivity contribution is 9.10. The first-order chi connectivity index (χ1) is 13.1. The van der Waals surface area contributed by atoms with Crippen LogP contribution >= 0.6 is 27.7 Å². The van der Waals surface area contributed by atoms with Crippen LogP contribution in [-0.2, 0) is 11.3 Å². The molecule has 0 aliphatic rings. The Morgan fingerprint density at radius 1 is 1.22 bits per heavy atom. The number of rotatable bonds is 8. The smallest absolute Gasteiger partial charge is 0.262 e. The Labute approximate surface area is 168 Å². The van der Waals surface area contributed by atoms with E-state index in [0.717, 1.165) is 4.47 Å². The summed E-state index contributed by atoms with van der Waals surface area (Å²) < 4.78 is 26.6. The number of ether oxygens (including phenoxy) is 2. The summed E-state index contributed by atoms with van der Waals surface area (Å²) in [6.45, 7) is 1.10. The van der Waals surface area contributed by atoms with Gasteiger partial charge < -0.3 is 9.47 Å². The summed E-state index contributed by atoms with van der Waals surface area (Å²) in [6.07, 6.45) is 0. The van der Waals surface area contributed by atoms with E-state index < -0.39 is 5.82 Å². The topological polar surface area (TPSA) is 53.4 Å². The van der Waals surface area contributed by atoms with Crippen molar-refractivity contribution in [2.45, 2.75) is 11.7 Å².